The highest BCUT2D eigenvalue weighted by molar-refractivity contribution is 14.0. The molecule has 0 amide bonds. The van der Waals surface area contributed by atoms with Crippen LogP contribution < -0.4 is 15.8 Å². The molecule has 1 aromatic carbocycles. The van der Waals surface area contributed by atoms with Gasteiger partial charge in [-0.25, -0.2) is 4.99 Å². The van der Waals surface area contributed by atoms with Gasteiger partial charge in [-0.2, -0.15) is 11.3 Å². The molecule has 0 saturated heterocycles. The minimum Gasteiger partial charge on any atom is -0.495 e. The Morgan fingerprint density at radius 3 is 2.85 bits per heavy atom. The Labute approximate surface area is 144 Å². The lowest BCUT2D eigenvalue weighted by Crippen LogP contribution is -2.22. The number of anilines is 1. The van der Waals surface area contributed by atoms with E-state index in [2.05, 4.69) is 10.3 Å². The Morgan fingerprint density at radius 2 is 2.25 bits per heavy atom. The lowest BCUT2D eigenvalue weighted by Gasteiger charge is -2.08. The maximum absolute atomic E-state index is 6.03. The number of thiophene rings is 1. The summed E-state index contributed by atoms with van der Waals surface area (Å²) >= 11 is 7.67. The van der Waals surface area contributed by atoms with E-state index in [1.807, 2.05) is 22.9 Å². The third kappa shape index (κ3) is 4.84. The summed E-state index contributed by atoms with van der Waals surface area (Å²) in [6.45, 7) is 0.562. The number of hydrogen-bond donors (Lipinski definition) is 2. The summed E-state index contributed by atoms with van der Waals surface area (Å²) in [5.41, 5.74) is 7.73. The minimum atomic E-state index is 0. The monoisotopic (exact) mass is 423 g/mol. The van der Waals surface area contributed by atoms with E-state index in [0.717, 1.165) is 11.3 Å². The predicted octanol–water partition coefficient (Wildman–Crippen LogP) is 3.95. The Bertz CT molecular complexity index is 575. The third-order valence-corrected chi connectivity index (χ3v) is 3.46. The number of halogens is 2. The number of rotatable bonds is 4. The number of aliphatic imine (C=N–C) groups is 1. The summed E-state index contributed by atoms with van der Waals surface area (Å²) in [6.07, 6.45) is 0. The molecule has 20 heavy (non-hydrogen) atoms. The third-order valence-electron chi connectivity index (χ3n) is 2.44. The fraction of sp³-hybridized carbons (Fsp3) is 0.154. The fourth-order valence-corrected chi connectivity index (χ4v) is 2.41. The molecule has 7 heteroatoms. The van der Waals surface area contributed by atoms with Crippen LogP contribution in [0.2, 0.25) is 5.02 Å². The van der Waals surface area contributed by atoms with Gasteiger partial charge in [0.05, 0.1) is 18.7 Å². The van der Waals surface area contributed by atoms with Crippen LogP contribution in [0, 0.1) is 0 Å². The van der Waals surface area contributed by atoms with Crippen LogP contribution in [0.3, 0.4) is 0 Å². The van der Waals surface area contributed by atoms with Crippen molar-refractivity contribution in [3.8, 4) is 5.75 Å². The van der Waals surface area contributed by atoms with Crippen LogP contribution in [0.15, 0.2) is 40.0 Å². The summed E-state index contributed by atoms with van der Waals surface area (Å²) in [5, 5.41) is 7.57. The molecule has 4 nitrogen and oxygen atoms in total. The van der Waals surface area contributed by atoms with Gasteiger partial charge >= 0.3 is 0 Å². The van der Waals surface area contributed by atoms with Crippen LogP contribution in [0.25, 0.3) is 0 Å². The van der Waals surface area contributed by atoms with Gasteiger partial charge in [0.2, 0.25) is 0 Å². The van der Waals surface area contributed by atoms with E-state index in [4.69, 9.17) is 22.1 Å². The molecular formula is C13H15ClIN3OS. The van der Waals surface area contributed by atoms with Gasteiger partial charge < -0.3 is 15.8 Å². The second-order valence-corrected chi connectivity index (χ2v) is 4.99. The van der Waals surface area contributed by atoms with Crippen molar-refractivity contribution < 1.29 is 4.74 Å². The maximum atomic E-state index is 6.03. The SMILES string of the molecule is COc1ccc(NC(N)=NCc2ccsc2)cc1Cl.I. The molecular weight excluding hydrogens is 409 g/mol. The van der Waals surface area contributed by atoms with Gasteiger partial charge in [0.15, 0.2) is 5.96 Å². The van der Waals surface area contributed by atoms with Gasteiger partial charge in [0, 0.05) is 5.69 Å². The number of nitrogens with two attached hydrogens (primary N) is 1. The molecule has 1 aromatic heterocycles. The molecule has 2 aromatic rings. The van der Waals surface area contributed by atoms with E-state index in [9.17, 15) is 0 Å². The lowest BCUT2D eigenvalue weighted by atomic mass is 10.3. The van der Waals surface area contributed by atoms with E-state index in [1.54, 1.807) is 30.6 Å². The first kappa shape index (κ1) is 17.1. The molecule has 0 radical (unpaired) electrons. The molecule has 0 spiro atoms. The zero-order valence-corrected chi connectivity index (χ0v) is 14.7. The highest BCUT2D eigenvalue weighted by atomic mass is 127. The van der Waals surface area contributed by atoms with Crippen LogP contribution >= 0.6 is 46.9 Å². The molecule has 0 aliphatic carbocycles. The number of ether oxygens (including phenoxy) is 1. The Kier molecular flexibility index (Phi) is 7.11. The first-order valence-electron chi connectivity index (χ1n) is 5.60. The average molecular weight is 424 g/mol. The first-order valence-corrected chi connectivity index (χ1v) is 6.92. The highest BCUT2D eigenvalue weighted by Crippen LogP contribution is 2.27. The molecule has 0 saturated carbocycles. The molecule has 108 valence electrons. The highest BCUT2D eigenvalue weighted by Gasteiger charge is 2.02. The zero-order valence-electron chi connectivity index (χ0n) is 10.8. The minimum absolute atomic E-state index is 0. The predicted molar refractivity (Wildman–Crippen MR) is 96.7 cm³/mol. The molecule has 0 atom stereocenters. The number of nitrogens with zero attached hydrogens (tertiary/aromatic N) is 1. The summed E-state index contributed by atoms with van der Waals surface area (Å²) < 4.78 is 5.08. The number of guanidine groups is 1. The van der Waals surface area contributed by atoms with Crippen LogP contribution in [0.1, 0.15) is 5.56 Å². The Morgan fingerprint density at radius 1 is 1.45 bits per heavy atom. The van der Waals surface area contributed by atoms with Crippen LogP contribution in [-0.4, -0.2) is 13.1 Å². The lowest BCUT2D eigenvalue weighted by molar-refractivity contribution is 0.415. The standard InChI is InChI=1S/C13H14ClN3OS.HI/c1-18-12-3-2-10(6-11(12)14)17-13(15)16-7-9-4-5-19-8-9;/h2-6,8H,7H2,1H3,(H3,15,16,17);1H. The van der Waals surface area contributed by atoms with E-state index in [0.29, 0.717) is 23.3 Å². The van der Waals surface area contributed by atoms with Crippen molar-refractivity contribution in [2.75, 3.05) is 12.4 Å². The quantitative estimate of drug-likeness (QED) is 0.445. The molecule has 3 N–H and O–H groups in total. The zero-order chi connectivity index (χ0) is 13.7. The van der Waals surface area contributed by atoms with Gasteiger partial charge in [0.25, 0.3) is 0 Å². The van der Waals surface area contributed by atoms with Crippen molar-refractivity contribution in [3.05, 3.63) is 45.6 Å². The molecule has 2 rings (SSSR count). The molecule has 0 unspecified atom stereocenters. The van der Waals surface area contributed by atoms with Crippen LogP contribution in [0.5, 0.6) is 5.75 Å². The second-order valence-electron chi connectivity index (χ2n) is 3.81. The Balaban J connectivity index is 0.00000200. The smallest absolute Gasteiger partial charge is 0.193 e. The summed E-state index contributed by atoms with van der Waals surface area (Å²) in [5.74, 6) is 0.980. The van der Waals surface area contributed by atoms with Gasteiger partial charge in [-0.05, 0) is 40.6 Å². The van der Waals surface area contributed by atoms with Crippen molar-refractivity contribution in [2.45, 2.75) is 6.54 Å². The van der Waals surface area contributed by atoms with E-state index in [1.165, 1.54) is 0 Å². The average Bonchev–Trinajstić information content (AvgIpc) is 2.90. The molecule has 0 aliphatic rings. The maximum Gasteiger partial charge on any atom is 0.193 e. The van der Waals surface area contributed by atoms with Crippen LogP contribution in [0.4, 0.5) is 5.69 Å². The van der Waals surface area contributed by atoms with Gasteiger partial charge in [-0.1, -0.05) is 11.6 Å². The van der Waals surface area contributed by atoms with Gasteiger partial charge in [0.1, 0.15) is 5.75 Å². The molecule has 0 aliphatic heterocycles. The number of hydrogen-bond acceptors (Lipinski definition) is 3. The molecule has 0 bridgehead atoms. The molecule has 0 fully saturated rings. The van der Waals surface area contributed by atoms with Crippen molar-refractivity contribution in [1.82, 2.24) is 0 Å². The van der Waals surface area contributed by atoms with Gasteiger partial charge in [-0.15, -0.1) is 24.0 Å². The largest absolute Gasteiger partial charge is 0.495 e. The number of methoxy groups -OCH3 is 1. The van der Waals surface area contributed by atoms with Crippen LogP contribution in [-0.2, 0) is 6.54 Å². The summed E-state index contributed by atoms with van der Waals surface area (Å²) in [4.78, 5) is 4.25. The van der Waals surface area contributed by atoms with E-state index >= 15 is 0 Å². The topological polar surface area (TPSA) is 59.6 Å². The first-order chi connectivity index (χ1) is 9.19. The summed E-state index contributed by atoms with van der Waals surface area (Å²) in [7, 11) is 1.57. The summed E-state index contributed by atoms with van der Waals surface area (Å²) in [6, 6.07) is 7.37. The van der Waals surface area contributed by atoms with E-state index < -0.39 is 0 Å². The number of nitrogens with one attached hydrogen (secondary N) is 1. The van der Waals surface area contributed by atoms with Crippen molar-refractivity contribution in [3.63, 3.8) is 0 Å². The Hall–Kier alpha value is -0.990. The second kappa shape index (κ2) is 8.33. The van der Waals surface area contributed by atoms with E-state index in [-0.39, 0.29) is 24.0 Å². The molecule has 1 heterocycles. The fourth-order valence-electron chi connectivity index (χ4n) is 1.49. The van der Waals surface area contributed by atoms with Gasteiger partial charge in [-0.3, -0.25) is 0 Å². The normalized spacial score (nSPS) is 10.8. The van der Waals surface area contributed by atoms with Crippen molar-refractivity contribution in [1.29, 1.82) is 0 Å². The van der Waals surface area contributed by atoms with Crippen molar-refractivity contribution >= 4 is 58.6 Å². The van der Waals surface area contributed by atoms with Crippen molar-refractivity contribution in [2.24, 2.45) is 10.7 Å². The number of benzene rings is 1.